The molecule has 1 saturated heterocycles. The van der Waals surface area contributed by atoms with E-state index in [9.17, 15) is 9.59 Å². The van der Waals surface area contributed by atoms with Gasteiger partial charge in [0.2, 0.25) is 0 Å². The fourth-order valence-corrected chi connectivity index (χ4v) is 3.42. The minimum absolute atomic E-state index is 0.115. The summed E-state index contributed by atoms with van der Waals surface area (Å²) in [6.07, 6.45) is 2.44. The molecule has 6 heteroatoms. The van der Waals surface area contributed by atoms with E-state index in [0.717, 1.165) is 18.7 Å². The third-order valence-electron chi connectivity index (χ3n) is 4.93. The average Bonchev–Trinajstić information content (AvgIpc) is 3.23. The molecular weight excluding hydrogens is 352 g/mol. The van der Waals surface area contributed by atoms with E-state index in [1.165, 1.54) is 18.5 Å². The Labute approximate surface area is 166 Å². The van der Waals surface area contributed by atoms with Crippen molar-refractivity contribution >= 4 is 23.3 Å². The number of nitrogens with one attached hydrogen (secondary N) is 2. The van der Waals surface area contributed by atoms with Gasteiger partial charge in [-0.15, -0.1) is 0 Å². The Bertz CT molecular complexity index is 814. The van der Waals surface area contributed by atoms with Crippen LogP contribution in [-0.2, 0) is 6.54 Å². The normalized spacial score (nSPS) is 13.3. The van der Waals surface area contributed by atoms with Crippen LogP contribution in [-0.4, -0.2) is 43.5 Å². The molecule has 0 unspecified atom stereocenters. The van der Waals surface area contributed by atoms with Crippen LogP contribution in [0.15, 0.2) is 48.5 Å². The van der Waals surface area contributed by atoms with Crippen molar-refractivity contribution in [1.82, 2.24) is 10.2 Å². The molecular formula is C22H28N4O2. The van der Waals surface area contributed by atoms with E-state index >= 15 is 0 Å². The molecule has 0 bridgehead atoms. The molecule has 28 heavy (non-hydrogen) atoms. The molecule has 0 spiro atoms. The van der Waals surface area contributed by atoms with Crippen LogP contribution in [0.1, 0.15) is 35.7 Å². The molecule has 2 aromatic carbocycles. The van der Waals surface area contributed by atoms with Crippen molar-refractivity contribution < 1.29 is 9.59 Å². The zero-order valence-electron chi connectivity index (χ0n) is 16.6. The summed E-state index contributed by atoms with van der Waals surface area (Å²) >= 11 is 0. The molecule has 0 saturated carbocycles. The van der Waals surface area contributed by atoms with Gasteiger partial charge < -0.3 is 20.4 Å². The van der Waals surface area contributed by atoms with Gasteiger partial charge in [0.25, 0.3) is 5.91 Å². The third kappa shape index (κ3) is 4.82. The van der Waals surface area contributed by atoms with Crippen molar-refractivity contribution in [3.05, 3.63) is 59.7 Å². The van der Waals surface area contributed by atoms with Crippen molar-refractivity contribution in [2.45, 2.75) is 26.3 Å². The number of para-hydroxylation sites is 1. The number of rotatable bonds is 6. The Hall–Kier alpha value is -3.02. The summed E-state index contributed by atoms with van der Waals surface area (Å²) in [4.78, 5) is 28.5. The Morgan fingerprint density at radius 1 is 1.04 bits per heavy atom. The Morgan fingerprint density at radius 3 is 2.39 bits per heavy atom. The summed E-state index contributed by atoms with van der Waals surface area (Å²) in [7, 11) is 1.79. The van der Waals surface area contributed by atoms with Crippen molar-refractivity contribution in [3.8, 4) is 0 Å². The summed E-state index contributed by atoms with van der Waals surface area (Å²) in [6.45, 7) is 5.15. The average molecular weight is 380 g/mol. The molecule has 3 rings (SSSR count). The number of urea groups is 1. The maximum atomic E-state index is 12.6. The second-order valence-corrected chi connectivity index (χ2v) is 7.05. The quantitative estimate of drug-likeness (QED) is 0.803. The summed E-state index contributed by atoms with van der Waals surface area (Å²) in [6, 6.07) is 15.0. The van der Waals surface area contributed by atoms with Crippen LogP contribution in [0.2, 0.25) is 0 Å². The molecule has 2 N–H and O–H groups in total. The minimum atomic E-state index is -0.179. The third-order valence-corrected chi connectivity index (χ3v) is 4.93. The van der Waals surface area contributed by atoms with Gasteiger partial charge in [0.15, 0.2) is 0 Å². The van der Waals surface area contributed by atoms with E-state index < -0.39 is 0 Å². The fourth-order valence-electron chi connectivity index (χ4n) is 3.42. The van der Waals surface area contributed by atoms with Crippen LogP contribution in [0, 0.1) is 0 Å². The fraction of sp³-hybridized carbons (Fsp3) is 0.364. The summed E-state index contributed by atoms with van der Waals surface area (Å²) in [5, 5.41) is 5.65. The molecule has 3 amide bonds. The highest BCUT2D eigenvalue weighted by atomic mass is 16.2. The van der Waals surface area contributed by atoms with E-state index in [0.29, 0.717) is 24.3 Å². The van der Waals surface area contributed by atoms with Gasteiger partial charge >= 0.3 is 6.03 Å². The maximum Gasteiger partial charge on any atom is 0.321 e. The van der Waals surface area contributed by atoms with Crippen LogP contribution >= 0.6 is 0 Å². The smallest absolute Gasteiger partial charge is 0.321 e. The van der Waals surface area contributed by atoms with Gasteiger partial charge in [-0.25, -0.2) is 4.79 Å². The Kier molecular flexibility index (Phi) is 6.53. The lowest BCUT2D eigenvalue weighted by Crippen LogP contribution is -2.31. The van der Waals surface area contributed by atoms with E-state index in [1.54, 1.807) is 36.2 Å². The first-order valence-corrected chi connectivity index (χ1v) is 9.81. The molecule has 0 aromatic heterocycles. The van der Waals surface area contributed by atoms with Crippen molar-refractivity contribution in [2.24, 2.45) is 0 Å². The number of carbonyl (C=O) groups is 2. The van der Waals surface area contributed by atoms with Gasteiger partial charge in [-0.1, -0.05) is 18.2 Å². The van der Waals surface area contributed by atoms with E-state index in [-0.39, 0.29) is 11.9 Å². The summed E-state index contributed by atoms with van der Waals surface area (Å²) in [5.74, 6) is -0.115. The van der Waals surface area contributed by atoms with Crippen molar-refractivity contribution in [3.63, 3.8) is 0 Å². The second-order valence-electron chi connectivity index (χ2n) is 7.05. The standard InChI is InChI=1S/C22H28N4O2/c1-3-23-21(27)17-10-12-19(13-11-17)24-22(28)25(2)16-18-8-4-5-9-20(18)26-14-6-7-15-26/h4-5,8-13H,3,6-7,14-16H2,1-2H3,(H,23,27)(H,24,28). The van der Waals surface area contributed by atoms with Gasteiger partial charge in [0.05, 0.1) is 0 Å². The molecule has 0 aliphatic carbocycles. The molecule has 2 aromatic rings. The number of anilines is 2. The predicted octanol–water partition coefficient (Wildman–Crippen LogP) is 3.70. The van der Waals surface area contributed by atoms with Gasteiger partial charge in [-0.3, -0.25) is 4.79 Å². The van der Waals surface area contributed by atoms with Crippen LogP contribution in [0.4, 0.5) is 16.2 Å². The first-order chi connectivity index (χ1) is 13.6. The SMILES string of the molecule is CCNC(=O)c1ccc(NC(=O)N(C)Cc2ccccc2N2CCCC2)cc1. The minimum Gasteiger partial charge on any atom is -0.371 e. The predicted molar refractivity (Wildman–Crippen MR) is 113 cm³/mol. The van der Waals surface area contributed by atoms with Crippen molar-refractivity contribution in [1.29, 1.82) is 0 Å². The van der Waals surface area contributed by atoms with Crippen LogP contribution < -0.4 is 15.5 Å². The van der Waals surface area contributed by atoms with E-state index in [2.05, 4.69) is 27.7 Å². The molecule has 0 radical (unpaired) electrons. The zero-order valence-corrected chi connectivity index (χ0v) is 16.6. The molecule has 148 valence electrons. The molecule has 1 heterocycles. The molecule has 1 fully saturated rings. The van der Waals surface area contributed by atoms with Crippen LogP contribution in [0.5, 0.6) is 0 Å². The molecule has 1 aliphatic heterocycles. The van der Waals surface area contributed by atoms with E-state index in [4.69, 9.17) is 0 Å². The first-order valence-electron chi connectivity index (χ1n) is 9.81. The molecule has 6 nitrogen and oxygen atoms in total. The highest BCUT2D eigenvalue weighted by molar-refractivity contribution is 5.95. The lowest BCUT2D eigenvalue weighted by molar-refractivity contribution is 0.0956. The lowest BCUT2D eigenvalue weighted by atomic mass is 10.1. The molecule has 0 atom stereocenters. The topological polar surface area (TPSA) is 64.7 Å². The Morgan fingerprint density at radius 2 is 1.71 bits per heavy atom. The van der Waals surface area contributed by atoms with Crippen LogP contribution in [0.3, 0.4) is 0 Å². The number of hydrogen-bond donors (Lipinski definition) is 2. The first kappa shape index (κ1) is 19.7. The number of nitrogens with zero attached hydrogens (tertiary/aromatic N) is 2. The molecule has 1 aliphatic rings. The van der Waals surface area contributed by atoms with Gasteiger partial charge in [-0.2, -0.15) is 0 Å². The number of hydrogen-bond acceptors (Lipinski definition) is 3. The second kappa shape index (κ2) is 9.26. The number of amides is 3. The monoisotopic (exact) mass is 380 g/mol. The number of benzene rings is 2. The van der Waals surface area contributed by atoms with Gasteiger partial charge in [-0.05, 0) is 55.7 Å². The van der Waals surface area contributed by atoms with Gasteiger partial charge in [0, 0.05) is 50.2 Å². The van der Waals surface area contributed by atoms with Crippen molar-refractivity contribution in [2.75, 3.05) is 36.9 Å². The van der Waals surface area contributed by atoms with E-state index in [1.807, 2.05) is 19.1 Å². The highest BCUT2D eigenvalue weighted by Gasteiger charge is 2.17. The number of carbonyl (C=O) groups excluding carboxylic acids is 2. The van der Waals surface area contributed by atoms with Crippen LogP contribution in [0.25, 0.3) is 0 Å². The zero-order chi connectivity index (χ0) is 19.9. The highest BCUT2D eigenvalue weighted by Crippen LogP contribution is 2.25. The lowest BCUT2D eigenvalue weighted by Gasteiger charge is -2.24. The van der Waals surface area contributed by atoms with Gasteiger partial charge in [0.1, 0.15) is 0 Å². The maximum absolute atomic E-state index is 12.6. The summed E-state index contributed by atoms with van der Waals surface area (Å²) < 4.78 is 0. The largest absolute Gasteiger partial charge is 0.371 e. The Balaban J connectivity index is 1.62. The summed E-state index contributed by atoms with van der Waals surface area (Å²) in [5.41, 5.74) is 3.60.